The molecule has 0 bridgehead atoms. The van der Waals surface area contributed by atoms with Crippen molar-refractivity contribution in [2.24, 2.45) is 0 Å². The van der Waals surface area contributed by atoms with Gasteiger partial charge in [0.1, 0.15) is 5.56 Å². The van der Waals surface area contributed by atoms with Crippen molar-refractivity contribution in [3.63, 3.8) is 0 Å². The largest absolute Gasteiger partial charge is 0.477 e. The Morgan fingerprint density at radius 2 is 2.31 bits per heavy atom. The van der Waals surface area contributed by atoms with E-state index in [4.69, 9.17) is 5.11 Å². The molecule has 1 N–H and O–H groups in total. The summed E-state index contributed by atoms with van der Waals surface area (Å²) >= 11 is 0. The lowest BCUT2D eigenvalue weighted by atomic mass is 10.2. The summed E-state index contributed by atoms with van der Waals surface area (Å²) in [7, 11) is 0. The molecule has 0 aliphatic heterocycles. The lowest BCUT2D eigenvalue weighted by Crippen LogP contribution is -2.04. The molecule has 6 heteroatoms. The molecule has 0 radical (unpaired) electrons. The number of nitrogens with zero attached hydrogens (tertiary/aromatic N) is 2. The summed E-state index contributed by atoms with van der Waals surface area (Å²) in [5.74, 6) is -2.37. The van der Waals surface area contributed by atoms with Gasteiger partial charge < -0.3 is 5.11 Å². The minimum atomic E-state index is -1.42. The number of hydrogen-bond donors (Lipinski definition) is 1. The summed E-state index contributed by atoms with van der Waals surface area (Å²) in [6.45, 7) is 3.46. The maximum atomic E-state index is 13.5. The predicted octanol–water partition coefficient (Wildman–Crippen LogP) is 1.93. The Bertz CT molecular complexity index is 438. The molecule has 0 unspecified atom stereocenters. The molecule has 0 saturated carbocycles. The van der Waals surface area contributed by atoms with E-state index >= 15 is 0 Å². The maximum absolute atomic E-state index is 13.5. The number of aromatic nitrogens is 2. The van der Waals surface area contributed by atoms with Gasteiger partial charge in [-0.2, -0.15) is 9.49 Å². The van der Waals surface area contributed by atoms with E-state index in [-0.39, 0.29) is 25.0 Å². The van der Waals surface area contributed by atoms with Crippen LogP contribution in [0.15, 0.2) is 25.1 Å². The van der Waals surface area contributed by atoms with E-state index in [1.807, 2.05) is 0 Å². The highest BCUT2D eigenvalue weighted by atomic mass is 19.1. The van der Waals surface area contributed by atoms with Gasteiger partial charge in [0.2, 0.25) is 5.95 Å². The van der Waals surface area contributed by atoms with Gasteiger partial charge in [-0.05, 0) is 0 Å². The average molecular weight is 228 g/mol. The van der Waals surface area contributed by atoms with Crippen LogP contribution < -0.4 is 0 Å². The summed E-state index contributed by atoms with van der Waals surface area (Å²) < 4.78 is 26.2. The molecule has 86 valence electrons. The highest BCUT2D eigenvalue weighted by Crippen LogP contribution is 2.14. The van der Waals surface area contributed by atoms with Crippen LogP contribution >= 0.6 is 0 Å². The van der Waals surface area contributed by atoms with E-state index in [0.717, 1.165) is 10.8 Å². The summed E-state index contributed by atoms with van der Waals surface area (Å²) in [6.07, 6.45) is 2.64. The van der Waals surface area contributed by atoms with Crippen molar-refractivity contribution in [3.8, 4) is 0 Å². The number of allylic oxidation sites excluding steroid dienone is 2. The molecule has 1 aromatic rings. The van der Waals surface area contributed by atoms with Crippen LogP contribution in [-0.2, 0) is 13.0 Å². The number of aromatic carboxylic acids is 1. The maximum Gasteiger partial charge on any atom is 0.342 e. The molecule has 0 aliphatic carbocycles. The first-order valence-electron chi connectivity index (χ1n) is 4.46. The van der Waals surface area contributed by atoms with E-state index in [0.29, 0.717) is 0 Å². The summed E-state index contributed by atoms with van der Waals surface area (Å²) in [5, 5.41) is 12.5. The number of rotatable bonds is 5. The Kier molecular flexibility index (Phi) is 3.93. The van der Waals surface area contributed by atoms with Crippen molar-refractivity contribution in [2.45, 2.75) is 13.0 Å². The van der Waals surface area contributed by atoms with Crippen molar-refractivity contribution in [1.29, 1.82) is 0 Å². The third kappa shape index (κ3) is 2.33. The quantitative estimate of drug-likeness (QED) is 0.783. The van der Waals surface area contributed by atoms with E-state index in [9.17, 15) is 13.6 Å². The second kappa shape index (κ2) is 5.20. The Labute approximate surface area is 90.5 Å². The van der Waals surface area contributed by atoms with Gasteiger partial charge >= 0.3 is 5.97 Å². The van der Waals surface area contributed by atoms with Gasteiger partial charge in [-0.15, -0.1) is 6.58 Å². The summed E-state index contributed by atoms with van der Waals surface area (Å²) in [5.41, 5.74) is -0.541. The van der Waals surface area contributed by atoms with Gasteiger partial charge in [0.15, 0.2) is 0 Å². The van der Waals surface area contributed by atoms with E-state index in [2.05, 4.69) is 11.7 Å². The normalized spacial score (nSPS) is 10.9. The molecule has 1 heterocycles. The first-order chi connectivity index (χ1) is 7.61. The van der Waals surface area contributed by atoms with E-state index in [1.54, 1.807) is 0 Å². The standard InChI is InChI=1S/C10H10F2N2O2/c1-2-6-14-9(12)8(10(15)16)7(13-14)4-3-5-11/h2-3,5H,1,4,6H2,(H,15,16). The van der Waals surface area contributed by atoms with Gasteiger partial charge in [-0.1, -0.05) is 12.2 Å². The zero-order valence-electron chi connectivity index (χ0n) is 8.36. The molecular formula is C10H10F2N2O2. The molecule has 16 heavy (non-hydrogen) atoms. The molecule has 0 aromatic carbocycles. The lowest BCUT2D eigenvalue weighted by molar-refractivity contribution is 0.0690. The number of carboxylic acid groups (broad SMARTS) is 1. The zero-order valence-corrected chi connectivity index (χ0v) is 8.36. The molecule has 0 fully saturated rings. The van der Waals surface area contributed by atoms with Crippen LogP contribution in [0, 0.1) is 5.95 Å². The van der Waals surface area contributed by atoms with Crippen LogP contribution in [0.25, 0.3) is 0 Å². The number of halogens is 2. The van der Waals surface area contributed by atoms with Crippen LogP contribution in [0.5, 0.6) is 0 Å². The van der Waals surface area contributed by atoms with Crippen molar-refractivity contribution in [2.75, 3.05) is 0 Å². The van der Waals surface area contributed by atoms with E-state index < -0.39 is 17.5 Å². The summed E-state index contributed by atoms with van der Waals surface area (Å²) in [6, 6.07) is 0. The number of carboxylic acids is 1. The first-order valence-corrected chi connectivity index (χ1v) is 4.46. The smallest absolute Gasteiger partial charge is 0.342 e. The monoisotopic (exact) mass is 228 g/mol. The van der Waals surface area contributed by atoms with Gasteiger partial charge in [-0.25, -0.2) is 13.9 Å². The molecule has 1 aromatic heterocycles. The molecule has 1 rings (SSSR count). The van der Waals surface area contributed by atoms with Crippen molar-refractivity contribution < 1.29 is 18.7 Å². The SMILES string of the molecule is C=CCn1nc(CC=CF)c(C(=O)O)c1F. The predicted molar refractivity (Wildman–Crippen MR) is 53.3 cm³/mol. The Morgan fingerprint density at radius 3 is 2.81 bits per heavy atom. The van der Waals surface area contributed by atoms with Crippen LogP contribution in [-0.4, -0.2) is 20.9 Å². The van der Waals surface area contributed by atoms with Gasteiger partial charge in [0, 0.05) is 6.42 Å². The minimum Gasteiger partial charge on any atom is -0.477 e. The molecular weight excluding hydrogens is 218 g/mol. The highest BCUT2D eigenvalue weighted by Gasteiger charge is 2.22. The van der Waals surface area contributed by atoms with Crippen LogP contribution in [0.2, 0.25) is 0 Å². The fourth-order valence-corrected chi connectivity index (χ4v) is 1.24. The van der Waals surface area contributed by atoms with Gasteiger partial charge in [-0.3, -0.25) is 0 Å². The van der Waals surface area contributed by atoms with Crippen LogP contribution in [0.1, 0.15) is 16.1 Å². The van der Waals surface area contributed by atoms with E-state index in [1.165, 1.54) is 6.08 Å². The highest BCUT2D eigenvalue weighted by molar-refractivity contribution is 5.89. The van der Waals surface area contributed by atoms with Crippen LogP contribution in [0.4, 0.5) is 8.78 Å². The topological polar surface area (TPSA) is 55.1 Å². The van der Waals surface area contributed by atoms with Crippen LogP contribution in [0.3, 0.4) is 0 Å². The molecule has 0 amide bonds. The molecule has 0 saturated heterocycles. The Hall–Kier alpha value is -1.98. The second-order valence-corrected chi connectivity index (χ2v) is 2.95. The molecule has 4 nitrogen and oxygen atoms in total. The molecule has 0 spiro atoms. The van der Waals surface area contributed by atoms with Gasteiger partial charge in [0.05, 0.1) is 18.6 Å². The van der Waals surface area contributed by atoms with Gasteiger partial charge in [0.25, 0.3) is 0 Å². The number of carbonyl (C=O) groups is 1. The van der Waals surface area contributed by atoms with Crippen molar-refractivity contribution in [1.82, 2.24) is 9.78 Å². The summed E-state index contributed by atoms with van der Waals surface area (Å²) in [4.78, 5) is 10.8. The third-order valence-electron chi connectivity index (χ3n) is 1.88. The second-order valence-electron chi connectivity index (χ2n) is 2.95. The Balaban J connectivity index is 3.19. The molecule has 0 aliphatic rings. The van der Waals surface area contributed by atoms with Crippen molar-refractivity contribution >= 4 is 5.97 Å². The lowest BCUT2D eigenvalue weighted by Gasteiger charge is -1.94. The molecule has 0 atom stereocenters. The fraction of sp³-hybridized carbons (Fsp3) is 0.200. The van der Waals surface area contributed by atoms with Crippen molar-refractivity contribution in [3.05, 3.63) is 42.3 Å². The minimum absolute atomic E-state index is 0.0132. The zero-order chi connectivity index (χ0) is 12.1. The number of hydrogen-bond acceptors (Lipinski definition) is 2. The fourth-order valence-electron chi connectivity index (χ4n) is 1.24. The Morgan fingerprint density at radius 1 is 1.62 bits per heavy atom. The average Bonchev–Trinajstić information content (AvgIpc) is 2.53. The first kappa shape index (κ1) is 12.1. The third-order valence-corrected chi connectivity index (χ3v) is 1.88.